The number of aromatic nitrogens is 2. The van der Waals surface area contributed by atoms with E-state index in [2.05, 4.69) is 81.6 Å². The number of rotatable bonds is 5. The van der Waals surface area contributed by atoms with Crippen molar-refractivity contribution >= 4 is 17.5 Å². The Kier molecular flexibility index (Phi) is 5.19. The molecule has 2 aromatic carbocycles. The number of para-hydroxylation sites is 1. The van der Waals surface area contributed by atoms with Gasteiger partial charge in [-0.15, -0.1) is 0 Å². The first-order valence-electron chi connectivity index (χ1n) is 9.45. The second-order valence-electron chi connectivity index (χ2n) is 6.89. The van der Waals surface area contributed by atoms with Crippen molar-refractivity contribution in [2.24, 2.45) is 0 Å². The Morgan fingerprint density at radius 1 is 0.852 bits per heavy atom. The van der Waals surface area contributed by atoms with Crippen molar-refractivity contribution < 1.29 is 0 Å². The lowest BCUT2D eigenvalue weighted by molar-refractivity contribution is 0.647. The summed E-state index contributed by atoms with van der Waals surface area (Å²) in [7, 11) is 0. The lowest BCUT2D eigenvalue weighted by Crippen LogP contribution is -2.46. The maximum absolute atomic E-state index is 4.71. The van der Waals surface area contributed by atoms with Crippen LogP contribution in [0.1, 0.15) is 11.1 Å². The van der Waals surface area contributed by atoms with Gasteiger partial charge in [-0.1, -0.05) is 48.0 Å². The molecule has 4 rings (SSSR count). The molecule has 0 radical (unpaired) electrons. The number of anilines is 3. The predicted molar refractivity (Wildman–Crippen MR) is 111 cm³/mol. The van der Waals surface area contributed by atoms with Gasteiger partial charge >= 0.3 is 0 Å². The molecule has 0 amide bonds. The summed E-state index contributed by atoms with van der Waals surface area (Å²) in [5, 5.41) is 3.34. The van der Waals surface area contributed by atoms with Gasteiger partial charge in [-0.05, 0) is 30.7 Å². The number of aryl methyl sites for hydroxylation is 1. The first-order valence-corrected chi connectivity index (χ1v) is 9.45. The van der Waals surface area contributed by atoms with Crippen molar-refractivity contribution in [3.63, 3.8) is 0 Å². The van der Waals surface area contributed by atoms with Crippen LogP contribution in [0.25, 0.3) is 0 Å². The molecule has 0 spiro atoms. The van der Waals surface area contributed by atoms with Crippen molar-refractivity contribution in [1.29, 1.82) is 0 Å². The van der Waals surface area contributed by atoms with E-state index >= 15 is 0 Å². The molecule has 1 aliphatic rings. The normalized spacial score (nSPS) is 14.3. The van der Waals surface area contributed by atoms with Crippen molar-refractivity contribution in [2.75, 3.05) is 41.3 Å². The summed E-state index contributed by atoms with van der Waals surface area (Å²) in [4.78, 5) is 13.8. The number of hydrogen-bond acceptors (Lipinski definition) is 5. The molecular formula is C22H25N5. The monoisotopic (exact) mass is 359 g/mol. The highest BCUT2D eigenvalue weighted by molar-refractivity contribution is 5.50. The molecule has 3 aromatic rings. The van der Waals surface area contributed by atoms with Gasteiger partial charge in [0.15, 0.2) is 0 Å². The quantitative estimate of drug-likeness (QED) is 0.752. The fraction of sp³-hybridized carbons (Fsp3) is 0.273. The Bertz CT molecular complexity index is 855. The van der Waals surface area contributed by atoms with Crippen LogP contribution in [-0.4, -0.2) is 36.1 Å². The number of nitrogens with one attached hydrogen (secondary N) is 1. The van der Waals surface area contributed by atoms with Crippen LogP contribution in [0.2, 0.25) is 0 Å². The summed E-state index contributed by atoms with van der Waals surface area (Å²) in [5.41, 5.74) is 3.79. The third-order valence-electron chi connectivity index (χ3n) is 4.94. The van der Waals surface area contributed by atoms with Crippen LogP contribution >= 0.6 is 0 Å². The van der Waals surface area contributed by atoms with Crippen LogP contribution in [0.5, 0.6) is 0 Å². The molecule has 1 aliphatic heterocycles. The molecule has 1 N–H and O–H groups in total. The molecule has 0 saturated carbocycles. The van der Waals surface area contributed by atoms with Gasteiger partial charge < -0.3 is 15.1 Å². The van der Waals surface area contributed by atoms with E-state index < -0.39 is 0 Å². The van der Waals surface area contributed by atoms with E-state index in [0.29, 0.717) is 5.95 Å². The first-order chi connectivity index (χ1) is 13.3. The fourth-order valence-electron chi connectivity index (χ4n) is 3.33. The van der Waals surface area contributed by atoms with Gasteiger partial charge in [0, 0.05) is 44.6 Å². The third kappa shape index (κ3) is 4.37. The van der Waals surface area contributed by atoms with E-state index in [1.54, 1.807) is 0 Å². The minimum atomic E-state index is 0.679. The Hall–Kier alpha value is -3.08. The number of nitrogens with zero attached hydrogens (tertiary/aromatic N) is 4. The predicted octanol–water partition coefficient (Wildman–Crippen LogP) is 3.72. The van der Waals surface area contributed by atoms with Crippen LogP contribution in [0, 0.1) is 6.92 Å². The molecule has 0 aliphatic carbocycles. The minimum Gasteiger partial charge on any atom is -0.368 e. The van der Waals surface area contributed by atoms with E-state index in [1.807, 2.05) is 12.3 Å². The van der Waals surface area contributed by atoms with Crippen molar-refractivity contribution in [2.45, 2.75) is 13.5 Å². The zero-order valence-corrected chi connectivity index (χ0v) is 15.7. The zero-order chi connectivity index (χ0) is 18.5. The van der Waals surface area contributed by atoms with Gasteiger partial charge in [0.05, 0.1) is 0 Å². The third-order valence-corrected chi connectivity index (χ3v) is 4.94. The van der Waals surface area contributed by atoms with Gasteiger partial charge in [0.2, 0.25) is 5.95 Å². The maximum atomic E-state index is 4.71. The van der Waals surface area contributed by atoms with Crippen LogP contribution in [0.4, 0.5) is 17.5 Å². The van der Waals surface area contributed by atoms with E-state index in [-0.39, 0.29) is 0 Å². The summed E-state index contributed by atoms with van der Waals surface area (Å²) in [6.45, 7) is 6.75. The highest BCUT2D eigenvalue weighted by atomic mass is 15.3. The largest absolute Gasteiger partial charge is 0.368 e. The summed E-state index contributed by atoms with van der Waals surface area (Å²) < 4.78 is 0. The Labute approximate surface area is 160 Å². The topological polar surface area (TPSA) is 44.3 Å². The average molecular weight is 359 g/mol. The van der Waals surface area contributed by atoms with Crippen LogP contribution in [-0.2, 0) is 6.54 Å². The van der Waals surface area contributed by atoms with Gasteiger partial charge in [0.25, 0.3) is 0 Å². The molecule has 0 atom stereocenters. The van der Waals surface area contributed by atoms with E-state index in [1.165, 1.54) is 16.8 Å². The lowest BCUT2D eigenvalue weighted by Gasteiger charge is -2.36. The molecule has 138 valence electrons. The SMILES string of the molecule is Cc1ccc(CNc2nccc(N3CCN(c4ccccc4)CC3)n2)cc1. The summed E-state index contributed by atoms with van der Waals surface area (Å²) in [6, 6.07) is 21.1. The maximum Gasteiger partial charge on any atom is 0.224 e. The van der Waals surface area contributed by atoms with Crippen molar-refractivity contribution in [3.8, 4) is 0 Å². The standard InChI is InChI=1S/C22H25N5/c1-18-7-9-19(10-8-18)17-24-22-23-12-11-21(25-22)27-15-13-26(14-16-27)20-5-3-2-4-6-20/h2-12H,13-17H2,1H3,(H,23,24,25). The fourth-order valence-corrected chi connectivity index (χ4v) is 3.33. The molecular weight excluding hydrogens is 334 g/mol. The summed E-state index contributed by atoms with van der Waals surface area (Å²) >= 11 is 0. The first kappa shape index (κ1) is 17.3. The van der Waals surface area contributed by atoms with Crippen LogP contribution < -0.4 is 15.1 Å². The van der Waals surface area contributed by atoms with Gasteiger partial charge in [-0.25, -0.2) is 4.98 Å². The Balaban J connectivity index is 1.36. The zero-order valence-electron chi connectivity index (χ0n) is 15.7. The molecule has 0 bridgehead atoms. The number of piperazine rings is 1. The van der Waals surface area contributed by atoms with Crippen LogP contribution in [0.3, 0.4) is 0 Å². The highest BCUT2D eigenvalue weighted by Crippen LogP contribution is 2.19. The minimum absolute atomic E-state index is 0.679. The van der Waals surface area contributed by atoms with E-state index in [9.17, 15) is 0 Å². The van der Waals surface area contributed by atoms with Gasteiger partial charge in [-0.3, -0.25) is 0 Å². The second kappa shape index (κ2) is 8.08. The summed E-state index contributed by atoms with van der Waals surface area (Å²) in [6.07, 6.45) is 1.84. The molecule has 27 heavy (non-hydrogen) atoms. The molecule has 1 fully saturated rings. The van der Waals surface area contributed by atoms with E-state index in [0.717, 1.165) is 38.5 Å². The second-order valence-corrected chi connectivity index (χ2v) is 6.89. The molecule has 1 aromatic heterocycles. The molecule has 5 nitrogen and oxygen atoms in total. The van der Waals surface area contributed by atoms with Gasteiger partial charge in [-0.2, -0.15) is 4.98 Å². The average Bonchev–Trinajstić information content (AvgIpc) is 2.74. The Morgan fingerprint density at radius 3 is 2.30 bits per heavy atom. The summed E-state index contributed by atoms with van der Waals surface area (Å²) in [5.74, 6) is 1.67. The smallest absolute Gasteiger partial charge is 0.224 e. The Morgan fingerprint density at radius 2 is 1.56 bits per heavy atom. The van der Waals surface area contributed by atoms with Crippen molar-refractivity contribution in [3.05, 3.63) is 78.0 Å². The van der Waals surface area contributed by atoms with Crippen LogP contribution in [0.15, 0.2) is 66.9 Å². The van der Waals surface area contributed by atoms with Gasteiger partial charge in [0.1, 0.15) is 5.82 Å². The molecule has 1 saturated heterocycles. The van der Waals surface area contributed by atoms with E-state index in [4.69, 9.17) is 4.98 Å². The highest BCUT2D eigenvalue weighted by Gasteiger charge is 2.18. The number of benzene rings is 2. The molecule has 2 heterocycles. The molecule has 5 heteroatoms. The number of hydrogen-bond donors (Lipinski definition) is 1. The lowest BCUT2D eigenvalue weighted by atomic mass is 10.1. The molecule has 0 unspecified atom stereocenters. The van der Waals surface area contributed by atoms with Crippen molar-refractivity contribution in [1.82, 2.24) is 9.97 Å².